The van der Waals surface area contributed by atoms with Gasteiger partial charge in [-0.3, -0.25) is 9.97 Å². The number of rotatable bonds is 7. The summed E-state index contributed by atoms with van der Waals surface area (Å²) in [5.74, 6) is 3.19. The maximum absolute atomic E-state index is 8.15. The number of methoxy groups -OCH3 is 1. The predicted molar refractivity (Wildman–Crippen MR) is 159 cm³/mol. The molecule has 0 amide bonds. The van der Waals surface area contributed by atoms with Gasteiger partial charge in [0.25, 0.3) is 0 Å². The number of aryl methyl sites for hydroxylation is 2. The fourth-order valence-corrected chi connectivity index (χ4v) is 6.22. The minimum absolute atomic E-state index is 0.231. The Labute approximate surface area is 238 Å². The van der Waals surface area contributed by atoms with Crippen molar-refractivity contribution in [1.29, 1.82) is 5.41 Å². The number of ether oxygens (including phenoxy) is 2. The number of hydrogen-bond donors (Lipinski definition) is 3. The van der Waals surface area contributed by atoms with Crippen LogP contribution in [0.4, 0.5) is 23.3 Å². The van der Waals surface area contributed by atoms with Crippen molar-refractivity contribution in [3.63, 3.8) is 0 Å². The minimum atomic E-state index is 0.231. The van der Waals surface area contributed by atoms with Crippen molar-refractivity contribution in [2.24, 2.45) is 7.05 Å². The zero-order valence-corrected chi connectivity index (χ0v) is 23.5. The Morgan fingerprint density at radius 1 is 1.20 bits per heavy atom. The van der Waals surface area contributed by atoms with E-state index in [1.165, 1.54) is 6.21 Å². The zero-order valence-electron chi connectivity index (χ0n) is 23.5. The highest BCUT2D eigenvalue weighted by Crippen LogP contribution is 2.39. The van der Waals surface area contributed by atoms with Crippen molar-refractivity contribution in [1.82, 2.24) is 29.8 Å². The van der Waals surface area contributed by atoms with E-state index in [0.29, 0.717) is 35.5 Å². The van der Waals surface area contributed by atoms with Crippen LogP contribution in [-0.2, 0) is 11.8 Å². The summed E-state index contributed by atoms with van der Waals surface area (Å²) in [7, 11) is 3.71. The molecule has 2 unspecified atom stereocenters. The van der Waals surface area contributed by atoms with E-state index in [9.17, 15) is 0 Å². The first kappa shape index (κ1) is 25.7. The van der Waals surface area contributed by atoms with E-state index in [0.717, 1.165) is 78.9 Å². The van der Waals surface area contributed by atoms with E-state index < -0.39 is 0 Å². The van der Waals surface area contributed by atoms with Gasteiger partial charge in [0.15, 0.2) is 5.82 Å². The first-order valence-corrected chi connectivity index (χ1v) is 14.0. The Hall–Kier alpha value is -4.29. The van der Waals surface area contributed by atoms with Gasteiger partial charge in [-0.25, -0.2) is 9.97 Å². The monoisotopic (exact) mass is 554 g/mol. The quantitative estimate of drug-likeness (QED) is 0.293. The largest absolute Gasteiger partial charge is 0.496 e. The number of anilines is 4. The summed E-state index contributed by atoms with van der Waals surface area (Å²) < 4.78 is 13.7. The Balaban J connectivity index is 1.35. The number of pyridine rings is 3. The van der Waals surface area contributed by atoms with Crippen LogP contribution in [0.5, 0.6) is 5.75 Å². The Morgan fingerprint density at radius 3 is 2.78 bits per heavy atom. The molecule has 3 aliphatic rings. The highest BCUT2D eigenvalue weighted by atomic mass is 16.5. The second kappa shape index (κ2) is 10.3. The van der Waals surface area contributed by atoms with Crippen LogP contribution >= 0.6 is 0 Å². The van der Waals surface area contributed by atoms with Gasteiger partial charge >= 0.3 is 0 Å². The van der Waals surface area contributed by atoms with Gasteiger partial charge in [-0.2, -0.15) is 0 Å². The molecule has 2 atom stereocenters. The van der Waals surface area contributed by atoms with Crippen molar-refractivity contribution in [3.05, 3.63) is 41.9 Å². The van der Waals surface area contributed by atoms with Crippen molar-refractivity contribution in [2.75, 3.05) is 61.6 Å². The van der Waals surface area contributed by atoms with Crippen LogP contribution in [0.1, 0.15) is 17.7 Å². The van der Waals surface area contributed by atoms with Crippen LogP contribution in [0.2, 0.25) is 0 Å². The molecule has 7 rings (SSSR count). The molecule has 2 bridgehead atoms. The first-order chi connectivity index (χ1) is 20.0. The molecule has 0 aromatic carbocycles. The van der Waals surface area contributed by atoms with E-state index in [4.69, 9.17) is 29.8 Å². The number of morpholine rings is 1. The fraction of sp³-hybridized carbons (Fsp3) is 0.414. The van der Waals surface area contributed by atoms with Crippen molar-refractivity contribution in [2.45, 2.75) is 25.5 Å². The van der Waals surface area contributed by atoms with Crippen molar-refractivity contribution in [3.8, 4) is 17.0 Å². The number of aromatic nitrogens is 5. The lowest BCUT2D eigenvalue weighted by molar-refractivity contribution is 0.0990. The molecule has 3 aliphatic heterocycles. The molecule has 3 saturated heterocycles. The molecule has 3 fully saturated rings. The van der Waals surface area contributed by atoms with Gasteiger partial charge in [-0.1, -0.05) is 0 Å². The number of imidazole rings is 1. The SMILES string of the molecule is COc1ccncc1-c1cc(Nc2cc3c(nc(N4CCNCC4)n3C)c(N3CC4CC3CO4)n2)c(C=N)c(C)n1. The maximum Gasteiger partial charge on any atom is 0.206 e. The third-order valence-corrected chi connectivity index (χ3v) is 8.33. The second-order valence-electron chi connectivity index (χ2n) is 10.8. The highest BCUT2D eigenvalue weighted by molar-refractivity contribution is 5.94. The molecule has 4 aromatic rings. The van der Waals surface area contributed by atoms with E-state index in [-0.39, 0.29) is 6.10 Å². The lowest BCUT2D eigenvalue weighted by atomic mass is 10.1. The summed E-state index contributed by atoms with van der Waals surface area (Å²) in [6, 6.07) is 6.09. The molecule has 41 heavy (non-hydrogen) atoms. The number of hydrogen-bond acceptors (Lipinski definition) is 11. The summed E-state index contributed by atoms with van der Waals surface area (Å²) in [5.41, 5.74) is 5.55. The summed E-state index contributed by atoms with van der Waals surface area (Å²) in [5, 5.41) is 15.1. The number of nitrogens with one attached hydrogen (secondary N) is 3. The smallest absolute Gasteiger partial charge is 0.206 e. The molecule has 0 saturated carbocycles. The summed E-state index contributed by atoms with van der Waals surface area (Å²) in [6.07, 6.45) is 6.01. The van der Waals surface area contributed by atoms with Gasteiger partial charge < -0.3 is 39.9 Å². The topological polar surface area (TPSA) is 129 Å². The van der Waals surface area contributed by atoms with Crippen LogP contribution in [0, 0.1) is 12.3 Å². The van der Waals surface area contributed by atoms with Crippen LogP contribution < -0.4 is 25.2 Å². The molecule has 12 heteroatoms. The van der Waals surface area contributed by atoms with Gasteiger partial charge in [0.1, 0.15) is 17.1 Å². The zero-order chi connectivity index (χ0) is 28.1. The van der Waals surface area contributed by atoms with Gasteiger partial charge in [-0.05, 0) is 25.5 Å². The number of nitrogens with zero attached hydrogens (tertiary/aromatic N) is 7. The molecule has 0 aliphatic carbocycles. The molecule has 0 radical (unpaired) electrons. The maximum atomic E-state index is 8.15. The third kappa shape index (κ3) is 4.43. The molecule has 7 heterocycles. The molecule has 212 valence electrons. The Morgan fingerprint density at radius 2 is 2.05 bits per heavy atom. The molecular formula is C29H34N10O2. The van der Waals surface area contributed by atoms with Crippen molar-refractivity contribution < 1.29 is 9.47 Å². The van der Waals surface area contributed by atoms with E-state index >= 15 is 0 Å². The summed E-state index contributed by atoms with van der Waals surface area (Å²) >= 11 is 0. The summed E-state index contributed by atoms with van der Waals surface area (Å²) in [6.45, 7) is 7.11. The molecule has 12 nitrogen and oxygen atoms in total. The Kier molecular flexibility index (Phi) is 6.43. The highest BCUT2D eigenvalue weighted by Gasteiger charge is 2.41. The standard InChI is InChI=1S/C29H34N10O2/c1-17-20(13-30)22(11-23(33-17)21-14-32-5-4-25(21)40-3)34-26-12-24-27(28(35-26)39-15-19-10-18(39)16-41-19)36-29(37(24)2)38-8-6-31-7-9-38/h4-5,11-14,18-19,30-31H,6-10,15-16H2,1-3H3,(H,33,34,35). The van der Waals surface area contributed by atoms with Gasteiger partial charge in [0.2, 0.25) is 5.95 Å². The van der Waals surface area contributed by atoms with Crippen LogP contribution in [0.3, 0.4) is 0 Å². The first-order valence-electron chi connectivity index (χ1n) is 14.0. The minimum Gasteiger partial charge on any atom is -0.496 e. The average molecular weight is 555 g/mol. The van der Waals surface area contributed by atoms with Crippen LogP contribution in [0.25, 0.3) is 22.3 Å². The predicted octanol–water partition coefficient (Wildman–Crippen LogP) is 2.87. The molecule has 4 aromatic heterocycles. The molecule has 3 N–H and O–H groups in total. The normalized spacial score (nSPS) is 20.2. The third-order valence-electron chi connectivity index (χ3n) is 8.33. The van der Waals surface area contributed by atoms with Crippen molar-refractivity contribution >= 4 is 40.5 Å². The van der Waals surface area contributed by atoms with Crippen LogP contribution in [0.15, 0.2) is 30.6 Å². The summed E-state index contributed by atoms with van der Waals surface area (Å²) in [4.78, 5) is 24.1. The Bertz CT molecular complexity index is 1630. The van der Waals surface area contributed by atoms with Gasteiger partial charge in [0, 0.05) is 75.7 Å². The van der Waals surface area contributed by atoms with Gasteiger partial charge in [-0.15, -0.1) is 0 Å². The number of fused-ring (bicyclic) bond motifs is 3. The van der Waals surface area contributed by atoms with E-state index in [1.807, 2.05) is 19.1 Å². The van der Waals surface area contributed by atoms with E-state index in [1.54, 1.807) is 19.5 Å². The lowest BCUT2D eigenvalue weighted by Gasteiger charge is -2.28. The second-order valence-corrected chi connectivity index (χ2v) is 10.8. The number of piperazine rings is 1. The lowest BCUT2D eigenvalue weighted by Crippen LogP contribution is -2.44. The van der Waals surface area contributed by atoms with E-state index in [2.05, 4.69) is 43.1 Å². The molecular weight excluding hydrogens is 520 g/mol. The average Bonchev–Trinajstić information content (AvgIpc) is 3.72. The van der Waals surface area contributed by atoms with Gasteiger partial charge in [0.05, 0.1) is 48.3 Å². The van der Waals surface area contributed by atoms with Crippen LogP contribution in [-0.4, -0.2) is 89.3 Å². The molecule has 0 spiro atoms. The fourth-order valence-electron chi connectivity index (χ4n) is 6.22.